The van der Waals surface area contributed by atoms with Crippen molar-refractivity contribution in [2.75, 3.05) is 0 Å². The van der Waals surface area contributed by atoms with Crippen molar-refractivity contribution in [1.29, 1.82) is 0 Å². The number of nitrogens with zero attached hydrogens (tertiary/aromatic N) is 1. The van der Waals surface area contributed by atoms with E-state index in [0.29, 0.717) is 0 Å². The maximum atomic E-state index is 4.04. The van der Waals surface area contributed by atoms with Crippen LogP contribution < -0.4 is 0 Å². The molecule has 1 radical (unpaired) electrons. The van der Waals surface area contributed by atoms with Crippen LogP contribution in [0.5, 0.6) is 0 Å². The molecule has 0 unspecified atom stereocenters. The molecule has 0 saturated carbocycles. The van der Waals surface area contributed by atoms with Crippen LogP contribution in [-0.2, 0) is 32.7 Å². The molecule has 0 aliphatic heterocycles. The number of aliphatic imine (C=N–C) groups is 1. The fourth-order valence-electron chi connectivity index (χ4n) is 0.557. The van der Waals surface area contributed by atoms with Crippen molar-refractivity contribution in [1.82, 2.24) is 0 Å². The van der Waals surface area contributed by atoms with Crippen molar-refractivity contribution < 1.29 is 32.7 Å². The molecule has 0 fully saturated rings. The first-order chi connectivity index (χ1) is 5.12. The van der Waals surface area contributed by atoms with Gasteiger partial charge in [0.05, 0.1) is 5.54 Å². The molecule has 0 atom stereocenters. The third kappa shape index (κ3) is 7.99. The fourth-order valence-corrected chi connectivity index (χ4v) is 0.557. The van der Waals surface area contributed by atoms with Gasteiger partial charge in [-0.2, -0.15) is 0 Å². The summed E-state index contributed by atoms with van der Waals surface area (Å²) >= 11 is 0. The Morgan fingerprint density at radius 2 is 1.75 bits per heavy atom. The van der Waals surface area contributed by atoms with E-state index in [-0.39, 0.29) is 38.2 Å². The van der Waals surface area contributed by atoms with Crippen LogP contribution in [0, 0.1) is 23.7 Å². The third-order valence-corrected chi connectivity index (χ3v) is 0.947. The quantitative estimate of drug-likeness (QED) is 0.373. The molecule has 0 spiro atoms. The summed E-state index contributed by atoms with van der Waals surface area (Å²) in [5.74, 6) is 11.0. The van der Waals surface area contributed by atoms with Gasteiger partial charge in [-0.3, -0.25) is 5.92 Å². The van der Waals surface area contributed by atoms with E-state index in [1.807, 2.05) is 13.8 Å². The molecule has 0 heterocycles. The van der Waals surface area contributed by atoms with E-state index in [4.69, 9.17) is 0 Å². The smallest absolute Gasteiger partial charge is 0.0956 e. The van der Waals surface area contributed by atoms with E-state index in [0.717, 1.165) is 0 Å². The molecule has 0 amide bonds. The van der Waals surface area contributed by atoms with Crippen molar-refractivity contribution in [3.8, 4) is 23.7 Å². The molecule has 0 aromatic carbocycles. The monoisotopic (exact) mass is 235 g/mol. The Morgan fingerprint density at radius 3 is 2.17 bits per heavy atom. The Kier molecular flexibility index (Phi) is 9.06. The molecular formula is C10H12NY-. The van der Waals surface area contributed by atoms with Gasteiger partial charge in [0.2, 0.25) is 0 Å². The van der Waals surface area contributed by atoms with E-state index >= 15 is 0 Å². The Morgan fingerprint density at radius 1 is 1.17 bits per heavy atom. The van der Waals surface area contributed by atoms with Crippen molar-refractivity contribution in [2.24, 2.45) is 4.99 Å². The predicted octanol–water partition coefficient (Wildman–Crippen LogP) is 1.76. The SMILES string of the molecule is CC#C[C-]=NC(C)(C)C#CC.[Y]. The summed E-state index contributed by atoms with van der Waals surface area (Å²) in [7, 11) is 0. The van der Waals surface area contributed by atoms with Crippen LogP contribution in [0.2, 0.25) is 0 Å². The number of hydrogen-bond donors (Lipinski definition) is 0. The molecule has 12 heavy (non-hydrogen) atoms. The summed E-state index contributed by atoms with van der Waals surface area (Å²) in [5.41, 5.74) is -0.349. The van der Waals surface area contributed by atoms with Gasteiger partial charge in [-0.15, -0.1) is 5.92 Å². The average molecular weight is 235 g/mol. The fraction of sp³-hybridized carbons (Fsp3) is 0.500. The second kappa shape index (κ2) is 7.54. The van der Waals surface area contributed by atoms with Gasteiger partial charge in [-0.1, -0.05) is 19.1 Å². The van der Waals surface area contributed by atoms with Gasteiger partial charge in [0, 0.05) is 32.7 Å². The molecule has 0 aromatic rings. The first-order valence-corrected chi connectivity index (χ1v) is 3.45. The zero-order valence-electron chi connectivity index (χ0n) is 8.02. The van der Waals surface area contributed by atoms with Crippen molar-refractivity contribution in [3.63, 3.8) is 0 Å². The zero-order valence-corrected chi connectivity index (χ0v) is 10.9. The van der Waals surface area contributed by atoms with Crippen LogP contribution in [-0.4, -0.2) is 11.8 Å². The summed E-state index contributed by atoms with van der Waals surface area (Å²) < 4.78 is 0. The minimum atomic E-state index is -0.349. The molecule has 0 aromatic heterocycles. The third-order valence-electron chi connectivity index (χ3n) is 0.947. The molecule has 0 N–H and O–H groups in total. The van der Waals surface area contributed by atoms with Crippen LogP contribution in [0.25, 0.3) is 0 Å². The molecule has 0 bridgehead atoms. The molecule has 0 aliphatic carbocycles. The van der Waals surface area contributed by atoms with E-state index < -0.39 is 0 Å². The topological polar surface area (TPSA) is 12.4 Å². The van der Waals surface area contributed by atoms with Crippen molar-refractivity contribution in [3.05, 3.63) is 0 Å². The van der Waals surface area contributed by atoms with Crippen molar-refractivity contribution >= 4 is 6.21 Å². The van der Waals surface area contributed by atoms with Crippen molar-refractivity contribution in [2.45, 2.75) is 33.2 Å². The molecule has 2 heteroatoms. The Hall–Kier alpha value is -0.106. The van der Waals surface area contributed by atoms with Crippen LogP contribution >= 0.6 is 0 Å². The van der Waals surface area contributed by atoms with Gasteiger partial charge >= 0.3 is 0 Å². The summed E-state index contributed by atoms with van der Waals surface area (Å²) in [6.07, 6.45) is 2.62. The van der Waals surface area contributed by atoms with Crippen LogP contribution in [0.3, 0.4) is 0 Å². The maximum Gasteiger partial charge on any atom is 0.0956 e. The summed E-state index contributed by atoms with van der Waals surface area (Å²) in [4.78, 5) is 4.04. The van der Waals surface area contributed by atoms with Crippen LogP contribution in [0.1, 0.15) is 27.7 Å². The van der Waals surface area contributed by atoms with E-state index in [2.05, 4.69) is 34.9 Å². The standard InChI is InChI=1S/C10H12N.Y/c1-5-7-9-11-10(3,4)8-6-2;/h1-4H3;/q-1;. The molecule has 61 valence electrons. The van der Waals surface area contributed by atoms with Crippen LogP contribution in [0.15, 0.2) is 4.99 Å². The van der Waals surface area contributed by atoms with Gasteiger partial charge in [0.15, 0.2) is 0 Å². The first-order valence-electron chi connectivity index (χ1n) is 3.45. The van der Waals surface area contributed by atoms with E-state index in [1.54, 1.807) is 13.8 Å². The van der Waals surface area contributed by atoms with Gasteiger partial charge in [-0.05, 0) is 20.8 Å². The van der Waals surface area contributed by atoms with Gasteiger partial charge in [-0.25, -0.2) is 0 Å². The maximum absolute atomic E-state index is 4.04. The summed E-state index contributed by atoms with van der Waals surface area (Å²) in [5, 5.41) is 0. The zero-order chi connectivity index (χ0) is 8.74. The Balaban J connectivity index is 0. The molecule has 0 aliphatic rings. The van der Waals surface area contributed by atoms with Gasteiger partial charge in [0.1, 0.15) is 0 Å². The Labute approximate surface area is 100 Å². The molecule has 1 nitrogen and oxygen atoms in total. The van der Waals surface area contributed by atoms with E-state index in [9.17, 15) is 0 Å². The second-order valence-corrected chi connectivity index (χ2v) is 2.53. The molecular weight excluding hydrogens is 223 g/mol. The minimum Gasteiger partial charge on any atom is -0.369 e. The summed E-state index contributed by atoms with van der Waals surface area (Å²) in [6, 6.07) is 0. The van der Waals surface area contributed by atoms with Crippen LogP contribution in [0.4, 0.5) is 0 Å². The molecule has 0 saturated heterocycles. The minimum absolute atomic E-state index is 0. The second-order valence-electron chi connectivity index (χ2n) is 2.53. The largest absolute Gasteiger partial charge is 0.369 e. The predicted molar refractivity (Wildman–Crippen MR) is 48.4 cm³/mol. The van der Waals surface area contributed by atoms with E-state index in [1.165, 1.54) is 0 Å². The summed E-state index contributed by atoms with van der Waals surface area (Å²) in [6.45, 7) is 7.39. The Bertz CT molecular complexity index is 255. The normalized spacial score (nSPS) is 9.00. The first kappa shape index (κ1) is 14.4. The van der Waals surface area contributed by atoms with Gasteiger partial charge < -0.3 is 10.9 Å². The average Bonchev–Trinajstić information content (AvgIpc) is 1.87. The number of hydrogen-bond acceptors (Lipinski definition) is 1. The van der Waals surface area contributed by atoms with Gasteiger partial charge in [0.25, 0.3) is 0 Å². The molecule has 0 rings (SSSR count). The number of rotatable bonds is 1.